The van der Waals surface area contributed by atoms with Gasteiger partial charge in [0, 0.05) is 24.2 Å². The molecule has 0 radical (unpaired) electrons. The Morgan fingerprint density at radius 1 is 1.15 bits per heavy atom. The Morgan fingerprint density at radius 3 is 2.60 bits per heavy atom. The fourth-order valence-corrected chi connectivity index (χ4v) is 3.33. The van der Waals surface area contributed by atoms with Crippen LogP contribution in [-0.2, 0) is 0 Å². The van der Waals surface area contributed by atoms with Crippen molar-refractivity contribution >= 4 is 22.9 Å². The molecule has 1 saturated carbocycles. The Hall–Kier alpha value is -1.65. The SMILES string of the molecule is Clc1ccc(-c2nn(C3CC3)cc2-c2ccncc2)s1. The predicted octanol–water partition coefficient (Wildman–Crippen LogP) is 4.66. The van der Waals surface area contributed by atoms with Crippen molar-refractivity contribution in [3.05, 3.63) is 47.2 Å². The molecule has 100 valence electrons. The van der Waals surface area contributed by atoms with Crippen LogP contribution < -0.4 is 0 Å². The van der Waals surface area contributed by atoms with Crippen LogP contribution in [0.2, 0.25) is 4.34 Å². The number of pyridine rings is 1. The molecular formula is C15H12ClN3S. The minimum absolute atomic E-state index is 0.569. The number of rotatable bonds is 3. The lowest BCUT2D eigenvalue weighted by molar-refractivity contribution is 0.644. The van der Waals surface area contributed by atoms with Crippen molar-refractivity contribution in [3.8, 4) is 21.7 Å². The van der Waals surface area contributed by atoms with E-state index in [9.17, 15) is 0 Å². The van der Waals surface area contributed by atoms with Gasteiger partial charge < -0.3 is 0 Å². The van der Waals surface area contributed by atoms with Gasteiger partial charge in [-0.05, 0) is 42.7 Å². The van der Waals surface area contributed by atoms with Crippen molar-refractivity contribution in [1.82, 2.24) is 14.8 Å². The maximum absolute atomic E-state index is 6.06. The highest BCUT2D eigenvalue weighted by Gasteiger charge is 2.26. The van der Waals surface area contributed by atoms with Crippen LogP contribution in [0, 0.1) is 0 Å². The molecule has 3 heterocycles. The van der Waals surface area contributed by atoms with Crippen LogP contribution >= 0.6 is 22.9 Å². The van der Waals surface area contributed by atoms with Gasteiger partial charge in [-0.25, -0.2) is 0 Å². The first-order chi connectivity index (χ1) is 9.81. The second-order valence-electron chi connectivity index (χ2n) is 4.94. The highest BCUT2D eigenvalue weighted by atomic mass is 35.5. The van der Waals surface area contributed by atoms with E-state index >= 15 is 0 Å². The third kappa shape index (κ3) is 2.15. The van der Waals surface area contributed by atoms with Crippen molar-refractivity contribution < 1.29 is 0 Å². The number of hydrogen-bond acceptors (Lipinski definition) is 3. The molecule has 0 amide bonds. The zero-order valence-electron chi connectivity index (χ0n) is 10.7. The first kappa shape index (κ1) is 12.1. The molecule has 0 unspecified atom stereocenters. The number of halogens is 1. The largest absolute Gasteiger partial charge is 0.268 e. The quantitative estimate of drug-likeness (QED) is 0.704. The van der Waals surface area contributed by atoms with E-state index in [1.165, 1.54) is 12.8 Å². The molecule has 3 aromatic heterocycles. The number of aromatic nitrogens is 3. The number of nitrogens with zero attached hydrogens (tertiary/aromatic N) is 3. The van der Waals surface area contributed by atoms with E-state index in [-0.39, 0.29) is 0 Å². The molecule has 5 heteroatoms. The topological polar surface area (TPSA) is 30.7 Å². The van der Waals surface area contributed by atoms with Gasteiger partial charge in [0.2, 0.25) is 0 Å². The summed E-state index contributed by atoms with van der Waals surface area (Å²) in [6.45, 7) is 0. The van der Waals surface area contributed by atoms with E-state index in [4.69, 9.17) is 16.7 Å². The van der Waals surface area contributed by atoms with E-state index in [0.717, 1.165) is 26.0 Å². The lowest BCUT2D eigenvalue weighted by Gasteiger charge is -1.99. The second kappa shape index (κ2) is 4.72. The minimum atomic E-state index is 0.569. The minimum Gasteiger partial charge on any atom is -0.268 e. The van der Waals surface area contributed by atoms with Crippen molar-refractivity contribution in [2.75, 3.05) is 0 Å². The first-order valence-electron chi connectivity index (χ1n) is 6.56. The Bertz CT molecular complexity index is 744. The summed E-state index contributed by atoms with van der Waals surface area (Å²) in [5, 5.41) is 4.78. The van der Waals surface area contributed by atoms with Gasteiger partial charge in [-0.1, -0.05) is 11.6 Å². The summed E-state index contributed by atoms with van der Waals surface area (Å²) in [5.74, 6) is 0. The molecule has 3 nitrogen and oxygen atoms in total. The summed E-state index contributed by atoms with van der Waals surface area (Å²) in [6.07, 6.45) is 8.23. The fourth-order valence-electron chi connectivity index (χ4n) is 2.28. The van der Waals surface area contributed by atoms with E-state index in [1.807, 2.05) is 36.7 Å². The van der Waals surface area contributed by atoms with E-state index in [2.05, 4.69) is 15.9 Å². The highest BCUT2D eigenvalue weighted by molar-refractivity contribution is 7.19. The molecule has 1 fully saturated rings. The summed E-state index contributed by atoms with van der Waals surface area (Å²) < 4.78 is 2.89. The molecule has 0 saturated heterocycles. The van der Waals surface area contributed by atoms with Crippen LogP contribution in [-0.4, -0.2) is 14.8 Å². The third-order valence-corrected chi connectivity index (χ3v) is 4.69. The van der Waals surface area contributed by atoms with E-state index in [0.29, 0.717) is 6.04 Å². The van der Waals surface area contributed by atoms with Crippen LogP contribution in [0.15, 0.2) is 42.9 Å². The van der Waals surface area contributed by atoms with Crippen LogP contribution in [0.4, 0.5) is 0 Å². The van der Waals surface area contributed by atoms with E-state index in [1.54, 1.807) is 11.3 Å². The standard InChI is InChI=1S/C15H12ClN3S/c16-14-4-3-13(20-14)15-12(10-5-7-17-8-6-10)9-19(18-15)11-1-2-11/h3-9,11H,1-2H2. The zero-order chi connectivity index (χ0) is 13.5. The Kier molecular flexibility index (Phi) is 2.86. The smallest absolute Gasteiger partial charge is 0.110 e. The van der Waals surface area contributed by atoms with Gasteiger partial charge in [0.25, 0.3) is 0 Å². The summed E-state index contributed by atoms with van der Waals surface area (Å²) in [4.78, 5) is 5.20. The number of hydrogen-bond donors (Lipinski definition) is 0. The first-order valence-corrected chi connectivity index (χ1v) is 7.76. The van der Waals surface area contributed by atoms with Gasteiger partial charge in [-0.3, -0.25) is 9.67 Å². The molecule has 3 aromatic rings. The molecule has 4 rings (SSSR count). The Balaban J connectivity index is 1.87. The van der Waals surface area contributed by atoms with Crippen molar-refractivity contribution in [2.24, 2.45) is 0 Å². The molecule has 0 bridgehead atoms. The molecule has 20 heavy (non-hydrogen) atoms. The molecule has 0 aliphatic heterocycles. The molecule has 0 aromatic carbocycles. The van der Waals surface area contributed by atoms with Crippen LogP contribution in [0.25, 0.3) is 21.7 Å². The van der Waals surface area contributed by atoms with Gasteiger partial charge in [0.15, 0.2) is 0 Å². The van der Waals surface area contributed by atoms with Gasteiger partial charge in [-0.15, -0.1) is 11.3 Å². The molecule has 0 atom stereocenters. The molecule has 1 aliphatic carbocycles. The monoisotopic (exact) mass is 301 g/mol. The summed E-state index contributed by atoms with van der Waals surface area (Å²) >= 11 is 7.63. The molecule has 0 N–H and O–H groups in total. The van der Waals surface area contributed by atoms with Gasteiger partial charge in [-0.2, -0.15) is 5.10 Å². The Labute approximate surface area is 125 Å². The lowest BCUT2D eigenvalue weighted by atomic mass is 10.1. The van der Waals surface area contributed by atoms with Crippen LogP contribution in [0.1, 0.15) is 18.9 Å². The Morgan fingerprint density at radius 2 is 1.95 bits per heavy atom. The highest BCUT2D eigenvalue weighted by Crippen LogP contribution is 2.40. The summed E-state index contributed by atoms with van der Waals surface area (Å²) in [5.41, 5.74) is 3.31. The van der Waals surface area contributed by atoms with Crippen molar-refractivity contribution in [2.45, 2.75) is 18.9 Å². The zero-order valence-corrected chi connectivity index (χ0v) is 12.2. The third-order valence-electron chi connectivity index (χ3n) is 3.45. The molecular weight excluding hydrogens is 290 g/mol. The van der Waals surface area contributed by atoms with Crippen molar-refractivity contribution in [3.63, 3.8) is 0 Å². The summed E-state index contributed by atoms with van der Waals surface area (Å²) in [7, 11) is 0. The molecule has 1 aliphatic rings. The predicted molar refractivity (Wildman–Crippen MR) is 82.1 cm³/mol. The summed E-state index contributed by atoms with van der Waals surface area (Å²) in [6, 6.07) is 8.57. The lowest BCUT2D eigenvalue weighted by Crippen LogP contribution is -1.93. The van der Waals surface area contributed by atoms with E-state index < -0.39 is 0 Å². The van der Waals surface area contributed by atoms with Crippen LogP contribution in [0.3, 0.4) is 0 Å². The molecule has 0 spiro atoms. The average molecular weight is 302 g/mol. The van der Waals surface area contributed by atoms with Crippen molar-refractivity contribution in [1.29, 1.82) is 0 Å². The average Bonchev–Trinajstić information content (AvgIpc) is 3.08. The van der Waals surface area contributed by atoms with Gasteiger partial charge in [0.05, 0.1) is 15.3 Å². The van der Waals surface area contributed by atoms with Crippen LogP contribution in [0.5, 0.6) is 0 Å². The number of thiophene rings is 1. The fraction of sp³-hybridized carbons (Fsp3) is 0.200. The maximum Gasteiger partial charge on any atom is 0.110 e. The van der Waals surface area contributed by atoms with Gasteiger partial charge in [0.1, 0.15) is 5.69 Å². The normalized spacial score (nSPS) is 14.7. The maximum atomic E-state index is 6.06. The van der Waals surface area contributed by atoms with Gasteiger partial charge >= 0.3 is 0 Å². The second-order valence-corrected chi connectivity index (χ2v) is 6.66.